The van der Waals surface area contributed by atoms with Gasteiger partial charge in [0.2, 0.25) is 5.91 Å². The third-order valence-corrected chi connectivity index (χ3v) is 4.65. The molecule has 0 bridgehead atoms. The summed E-state index contributed by atoms with van der Waals surface area (Å²) in [4.78, 5) is 24.9. The summed E-state index contributed by atoms with van der Waals surface area (Å²) in [6.45, 7) is 3.71. The van der Waals surface area contributed by atoms with Crippen LogP contribution in [-0.2, 0) is 4.79 Å². The Hall–Kier alpha value is -1.73. The summed E-state index contributed by atoms with van der Waals surface area (Å²) < 4.78 is 1.13. The van der Waals surface area contributed by atoms with Crippen LogP contribution in [0.15, 0.2) is 17.8 Å². The van der Waals surface area contributed by atoms with Gasteiger partial charge in [-0.2, -0.15) is 0 Å². The number of anilines is 1. The van der Waals surface area contributed by atoms with Gasteiger partial charge in [-0.3, -0.25) is 4.79 Å². The number of hydrogen-bond donors (Lipinski definition) is 1. The third-order valence-electron chi connectivity index (χ3n) is 3.75. The molecule has 0 saturated carbocycles. The van der Waals surface area contributed by atoms with Crippen LogP contribution in [0.25, 0.3) is 10.2 Å². The number of amides is 1. The summed E-state index contributed by atoms with van der Waals surface area (Å²) in [6, 6.07) is 2.01. The van der Waals surface area contributed by atoms with Gasteiger partial charge in [0.25, 0.3) is 0 Å². The number of fused-ring (bicyclic) bond motifs is 1. The Morgan fingerprint density at radius 1 is 1.29 bits per heavy atom. The summed E-state index contributed by atoms with van der Waals surface area (Å²) in [6.07, 6.45) is 2.93. The molecule has 1 amide bonds. The number of piperazine rings is 1. The molecule has 112 valence electrons. The number of hydrogen-bond acceptors (Lipinski definition) is 6. The molecule has 0 radical (unpaired) electrons. The maximum Gasteiger partial charge on any atom is 0.222 e. The van der Waals surface area contributed by atoms with Crippen LogP contribution in [0.2, 0.25) is 0 Å². The van der Waals surface area contributed by atoms with Crippen molar-refractivity contribution >= 4 is 33.3 Å². The molecule has 2 aromatic heterocycles. The molecule has 0 aliphatic carbocycles. The normalized spacial score (nSPS) is 15.7. The molecule has 21 heavy (non-hydrogen) atoms. The van der Waals surface area contributed by atoms with Gasteiger partial charge in [0.15, 0.2) is 0 Å². The van der Waals surface area contributed by atoms with Crippen molar-refractivity contribution in [3.8, 4) is 0 Å². The average Bonchev–Trinajstić information content (AvgIpc) is 3.01. The van der Waals surface area contributed by atoms with E-state index >= 15 is 0 Å². The summed E-state index contributed by atoms with van der Waals surface area (Å²) in [5.74, 6) is 1.20. The molecule has 3 rings (SSSR count). The van der Waals surface area contributed by atoms with Crippen LogP contribution in [-0.4, -0.2) is 53.5 Å². The maximum atomic E-state index is 12.0. The van der Waals surface area contributed by atoms with Gasteiger partial charge in [-0.25, -0.2) is 9.97 Å². The monoisotopic (exact) mass is 305 g/mol. The van der Waals surface area contributed by atoms with Gasteiger partial charge in [0.1, 0.15) is 12.1 Å². The molecular formula is C14H19N5OS. The third kappa shape index (κ3) is 2.98. The topological polar surface area (TPSA) is 75.4 Å². The second kappa shape index (κ2) is 6.36. The number of carbonyl (C=O) groups excluding carboxylic acids is 1. The van der Waals surface area contributed by atoms with Gasteiger partial charge in [0, 0.05) is 32.6 Å². The van der Waals surface area contributed by atoms with E-state index in [1.54, 1.807) is 17.7 Å². The minimum absolute atomic E-state index is 0.212. The van der Waals surface area contributed by atoms with Gasteiger partial charge >= 0.3 is 0 Å². The second-order valence-electron chi connectivity index (χ2n) is 5.09. The van der Waals surface area contributed by atoms with Crippen molar-refractivity contribution < 1.29 is 4.79 Å². The lowest BCUT2D eigenvalue weighted by atomic mass is 10.2. The first-order valence-corrected chi connectivity index (χ1v) is 8.08. The van der Waals surface area contributed by atoms with E-state index in [2.05, 4.69) is 14.9 Å². The van der Waals surface area contributed by atoms with Gasteiger partial charge in [-0.1, -0.05) is 0 Å². The number of thiophene rings is 1. The molecule has 0 spiro atoms. The smallest absolute Gasteiger partial charge is 0.222 e. The molecule has 1 saturated heterocycles. The lowest BCUT2D eigenvalue weighted by molar-refractivity contribution is -0.131. The number of aromatic nitrogens is 2. The largest absolute Gasteiger partial charge is 0.352 e. The first-order valence-electron chi connectivity index (χ1n) is 7.20. The molecule has 7 heteroatoms. The molecule has 2 N–H and O–H groups in total. The first kappa shape index (κ1) is 14.2. The minimum Gasteiger partial charge on any atom is -0.352 e. The van der Waals surface area contributed by atoms with Crippen molar-refractivity contribution in [2.75, 3.05) is 37.6 Å². The lowest BCUT2D eigenvalue weighted by Crippen LogP contribution is -2.49. The van der Waals surface area contributed by atoms with Crippen LogP contribution in [0.1, 0.15) is 12.8 Å². The Labute approximate surface area is 127 Å². The van der Waals surface area contributed by atoms with E-state index in [1.807, 2.05) is 16.3 Å². The van der Waals surface area contributed by atoms with Gasteiger partial charge in [-0.05, 0) is 24.4 Å². The number of carbonyl (C=O) groups is 1. The number of rotatable bonds is 4. The second-order valence-corrected chi connectivity index (χ2v) is 6.01. The molecule has 0 aromatic carbocycles. The molecular weight excluding hydrogens is 286 g/mol. The molecule has 1 fully saturated rings. The van der Waals surface area contributed by atoms with Gasteiger partial charge in [0.05, 0.1) is 10.2 Å². The fourth-order valence-electron chi connectivity index (χ4n) is 2.58. The summed E-state index contributed by atoms with van der Waals surface area (Å²) in [5.41, 5.74) is 6.45. The summed E-state index contributed by atoms with van der Waals surface area (Å²) in [7, 11) is 0. The zero-order chi connectivity index (χ0) is 14.7. The van der Waals surface area contributed by atoms with Crippen molar-refractivity contribution in [1.29, 1.82) is 0 Å². The Balaban J connectivity index is 1.66. The molecule has 0 unspecified atom stereocenters. The quantitative estimate of drug-likeness (QED) is 0.915. The van der Waals surface area contributed by atoms with Crippen molar-refractivity contribution in [3.05, 3.63) is 17.8 Å². The van der Waals surface area contributed by atoms with E-state index in [4.69, 9.17) is 5.73 Å². The highest BCUT2D eigenvalue weighted by Gasteiger charge is 2.22. The summed E-state index contributed by atoms with van der Waals surface area (Å²) in [5, 5.41) is 2.04. The molecule has 2 aromatic rings. The first-order chi connectivity index (χ1) is 10.3. The zero-order valence-electron chi connectivity index (χ0n) is 11.9. The average molecular weight is 305 g/mol. The highest BCUT2D eigenvalue weighted by molar-refractivity contribution is 7.17. The highest BCUT2D eigenvalue weighted by atomic mass is 32.1. The Morgan fingerprint density at radius 2 is 2.10 bits per heavy atom. The summed E-state index contributed by atoms with van der Waals surface area (Å²) >= 11 is 1.66. The van der Waals surface area contributed by atoms with E-state index in [9.17, 15) is 4.79 Å². The van der Waals surface area contributed by atoms with Crippen LogP contribution in [0.4, 0.5) is 5.82 Å². The van der Waals surface area contributed by atoms with Crippen molar-refractivity contribution in [2.24, 2.45) is 5.73 Å². The van der Waals surface area contributed by atoms with E-state index in [0.717, 1.165) is 48.6 Å². The zero-order valence-corrected chi connectivity index (χ0v) is 12.7. The van der Waals surface area contributed by atoms with Crippen LogP contribution in [0.3, 0.4) is 0 Å². The molecule has 1 aliphatic rings. The van der Waals surface area contributed by atoms with Crippen molar-refractivity contribution in [1.82, 2.24) is 14.9 Å². The number of nitrogens with two attached hydrogens (primary N) is 1. The standard InChI is InChI=1S/C14H19N5OS/c15-4-1-2-12(20)18-5-7-19(8-6-18)14-13-11(3-9-21-13)16-10-17-14/h3,9-10H,1-2,4-8,15H2. The minimum atomic E-state index is 0.212. The fourth-order valence-corrected chi connectivity index (χ4v) is 3.44. The Kier molecular flexibility index (Phi) is 4.31. The van der Waals surface area contributed by atoms with E-state index in [-0.39, 0.29) is 5.91 Å². The predicted molar refractivity (Wildman–Crippen MR) is 84.5 cm³/mol. The van der Waals surface area contributed by atoms with E-state index in [0.29, 0.717) is 13.0 Å². The van der Waals surface area contributed by atoms with Crippen LogP contribution >= 0.6 is 11.3 Å². The Bertz CT molecular complexity index is 621. The maximum absolute atomic E-state index is 12.0. The van der Waals surface area contributed by atoms with E-state index in [1.165, 1.54) is 0 Å². The fraction of sp³-hybridized carbons (Fsp3) is 0.500. The SMILES string of the molecule is NCCCC(=O)N1CCN(c2ncnc3ccsc23)CC1. The van der Waals surface area contributed by atoms with E-state index < -0.39 is 0 Å². The molecule has 3 heterocycles. The lowest BCUT2D eigenvalue weighted by Gasteiger charge is -2.35. The van der Waals surface area contributed by atoms with Gasteiger partial charge in [-0.15, -0.1) is 11.3 Å². The van der Waals surface area contributed by atoms with Crippen molar-refractivity contribution in [3.63, 3.8) is 0 Å². The number of nitrogens with zero attached hydrogens (tertiary/aromatic N) is 4. The van der Waals surface area contributed by atoms with Crippen LogP contribution < -0.4 is 10.6 Å². The van der Waals surface area contributed by atoms with Gasteiger partial charge < -0.3 is 15.5 Å². The molecule has 6 nitrogen and oxygen atoms in total. The van der Waals surface area contributed by atoms with Crippen LogP contribution in [0.5, 0.6) is 0 Å². The Morgan fingerprint density at radius 3 is 2.86 bits per heavy atom. The highest BCUT2D eigenvalue weighted by Crippen LogP contribution is 2.28. The molecule has 1 aliphatic heterocycles. The molecule has 0 atom stereocenters. The van der Waals surface area contributed by atoms with Crippen LogP contribution in [0, 0.1) is 0 Å². The predicted octanol–water partition coefficient (Wildman–Crippen LogP) is 1.08. The van der Waals surface area contributed by atoms with Crippen molar-refractivity contribution in [2.45, 2.75) is 12.8 Å².